The fraction of sp³-hybridized carbons (Fsp3) is 1.00. The second-order valence-electron chi connectivity index (χ2n) is 6.03. The van der Waals surface area contributed by atoms with E-state index in [1.807, 2.05) is 0 Å². The number of rotatable bonds is 5. The third-order valence-electron chi connectivity index (χ3n) is 4.53. The monoisotopic (exact) mass is 242 g/mol. The van der Waals surface area contributed by atoms with Crippen molar-refractivity contribution < 1.29 is 9.16 Å². The van der Waals surface area contributed by atoms with E-state index in [4.69, 9.17) is 9.16 Å². The first-order valence-corrected chi connectivity index (χ1v) is 8.41. The first-order chi connectivity index (χ1) is 7.54. The van der Waals surface area contributed by atoms with Crippen molar-refractivity contribution in [1.82, 2.24) is 0 Å². The van der Waals surface area contributed by atoms with Crippen LogP contribution in [0.4, 0.5) is 0 Å². The van der Waals surface area contributed by atoms with Crippen LogP contribution in [0, 0.1) is 11.8 Å². The van der Waals surface area contributed by atoms with Gasteiger partial charge in [-0.05, 0) is 51.0 Å². The Bertz CT molecular complexity index is 242. The van der Waals surface area contributed by atoms with E-state index in [0.29, 0.717) is 18.1 Å². The van der Waals surface area contributed by atoms with E-state index in [9.17, 15) is 0 Å². The molecule has 0 N–H and O–H groups in total. The molecule has 1 aliphatic heterocycles. The molecule has 1 heterocycles. The molecule has 2 fully saturated rings. The number of hydrogen-bond acceptors (Lipinski definition) is 2. The predicted octanol–water partition coefficient (Wildman–Crippen LogP) is 2.51. The average molecular weight is 242 g/mol. The van der Waals surface area contributed by atoms with Crippen LogP contribution < -0.4 is 0 Å². The summed E-state index contributed by atoms with van der Waals surface area (Å²) in [6.45, 7) is 9.16. The van der Waals surface area contributed by atoms with Crippen molar-refractivity contribution in [3.05, 3.63) is 0 Å². The summed E-state index contributed by atoms with van der Waals surface area (Å²) in [4.78, 5) is 0. The van der Waals surface area contributed by atoms with E-state index in [0.717, 1.165) is 5.92 Å². The summed E-state index contributed by atoms with van der Waals surface area (Å²) in [6, 6.07) is 1.24. The molecule has 2 nitrogen and oxygen atoms in total. The molecular weight excluding hydrogens is 216 g/mol. The van der Waals surface area contributed by atoms with Crippen LogP contribution in [-0.2, 0) is 9.16 Å². The molecule has 0 spiro atoms. The van der Waals surface area contributed by atoms with Crippen molar-refractivity contribution in [2.45, 2.75) is 70.8 Å². The predicted molar refractivity (Wildman–Crippen MR) is 69.4 cm³/mol. The van der Waals surface area contributed by atoms with Crippen molar-refractivity contribution in [2.75, 3.05) is 0 Å². The molecule has 0 aromatic rings. The molecule has 94 valence electrons. The molecule has 0 aromatic heterocycles. The molecule has 2 aliphatic rings. The van der Waals surface area contributed by atoms with E-state index >= 15 is 0 Å². The van der Waals surface area contributed by atoms with Crippen molar-refractivity contribution in [3.8, 4) is 0 Å². The van der Waals surface area contributed by atoms with Crippen LogP contribution in [0.3, 0.4) is 0 Å². The second kappa shape index (κ2) is 4.79. The standard InChI is InChI=1S/C13H26O2Si/c1-5-16-15-13(3,4)9(2)10-6-7-11-12(8-10)14-11/h9-12H,5-8,16H2,1-4H3. The lowest BCUT2D eigenvalue weighted by Gasteiger charge is -2.38. The molecule has 2 rings (SSSR count). The maximum absolute atomic E-state index is 6.14. The fourth-order valence-corrected chi connectivity index (χ4v) is 3.95. The highest BCUT2D eigenvalue weighted by Crippen LogP contribution is 2.44. The van der Waals surface area contributed by atoms with E-state index < -0.39 is 0 Å². The molecular formula is C13H26O2Si. The minimum atomic E-state index is -0.295. The highest BCUT2D eigenvalue weighted by atomic mass is 28.2. The Morgan fingerprint density at radius 3 is 2.75 bits per heavy atom. The normalized spacial score (nSPS) is 36.4. The van der Waals surface area contributed by atoms with Crippen molar-refractivity contribution in [3.63, 3.8) is 0 Å². The van der Waals surface area contributed by atoms with Gasteiger partial charge in [0.2, 0.25) is 0 Å². The number of fused-ring (bicyclic) bond motifs is 1. The van der Waals surface area contributed by atoms with Gasteiger partial charge in [0.15, 0.2) is 9.76 Å². The first kappa shape index (κ1) is 12.6. The highest BCUT2D eigenvalue weighted by molar-refractivity contribution is 6.27. The zero-order chi connectivity index (χ0) is 11.8. The Hall–Kier alpha value is 0.137. The molecule has 0 radical (unpaired) electrons. The molecule has 16 heavy (non-hydrogen) atoms. The van der Waals surface area contributed by atoms with Crippen LogP contribution in [-0.4, -0.2) is 27.6 Å². The lowest BCUT2D eigenvalue weighted by atomic mass is 9.74. The molecule has 1 saturated heterocycles. The summed E-state index contributed by atoms with van der Waals surface area (Å²) in [5.74, 6) is 1.47. The minimum Gasteiger partial charge on any atom is -0.419 e. The van der Waals surface area contributed by atoms with Gasteiger partial charge in [-0.3, -0.25) is 0 Å². The van der Waals surface area contributed by atoms with Gasteiger partial charge in [-0.15, -0.1) is 0 Å². The summed E-state index contributed by atoms with van der Waals surface area (Å²) < 4.78 is 11.8. The quantitative estimate of drug-likeness (QED) is 0.546. The molecule has 0 bridgehead atoms. The van der Waals surface area contributed by atoms with Gasteiger partial charge in [0.05, 0.1) is 17.8 Å². The van der Waals surface area contributed by atoms with Gasteiger partial charge in [-0.25, -0.2) is 0 Å². The molecule has 3 heteroatoms. The van der Waals surface area contributed by atoms with E-state index in [2.05, 4.69) is 27.7 Å². The lowest BCUT2D eigenvalue weighted by Crippen LogP contribution is -2.39. The van der Waals surface area contributed by atoms with Crippen LogP contribution in [0.15, 0.2) is 0 Å². The average Bonchev–Trinajstić information content (AvgIpc) is 3.03. The maximum Gasteiger partial charge on any atom is 0.162 e. The Morgan fingerprint density at radius 2 is 2.12 bits per heavy atom. The summed E-state index contributed by atoms with van der Waals surface area (Å²) in [7, 11) is -0.295. The Morgan fingerprint density at radius 1 is 1.38 bits per heavy atom. The third-order valence-corrected chi connectivity index (χ3v) is 5.88. The summed E-state index contributed by atoms with van der Waals surface area (Å²) in [6.07, 6.45) is 5.11. The fourth-order valence-electron chi connectivity index (χ4n) is 2.95. The van der Waals surface area contributed by atoms with Crippen molar-refractivity contribution >= 4 is 9.76 Å². The van der Waals surface area contributed by atoms with Crippen LogP contribution in [0.1, 0.15) is 47.0 Å². The first-order valence-electron chi connectivity index (χ1n) is 6.84. The third kappa shape index (κ3) is 2.69. The molecule has 4 unspecified atom stereocenters. The van der Waals surface area contributed by atoms with Crippen LogP contribution in [0.5, 0.6) is 0 Å². The van der Waals surface area contributed by atoms with Gasteiger partial charge in [0, 0.05) is 0 Å². The maximum atomic E-state index is 6.14. The number of hydrogen-bond donors (Lipinski definition) is 0. The molecule has 0 amide bonds. The van der Waals surface area contributed by atoms with Crippen molar-refractivity contribution in [1.29, 1.82) is 0 Å². The zero-order valence-corrected chi connectivity index (χ0v) is 12.6. The van der Waals surface area contributed by atoms with Gasteiger partial charge >= 0.3 is 0 Å². The molecule has 4 atom stereocenters. The van der Waals surface area contributed by atoms with E-state index in [1.165, 1.54) is 25.3 Å². The number of ether oxygens (including phenoxy) is 1. The Balaban J connectivity index is 1.86. The highest BCUT2D eigenvalue weighted by Gasteiger charge is 2.47. The van der Waals surface area contributed by atoms with Gasteiger partial charge in [0.1, 0.15) is 0 Å². The summed E-state index contributed by atoms with van der Waals surface area (Å²) in [5, 5.41) is 0. The van der Waals surface area contributed by atoms with Gasteiger partial charge in [0.25, 0.3) is 0 Å². The van der Waals surface area contributed by atoms with Crippen LogP contribution >= 0.6 is 0 Å². The summed E-state index contributed by atoms with van der Waals surface area (Å²) >= 11 is 0. The molecule has 1 aliphatic carbocycles. The summed E-state index contributed by atoms with van der Waals surface area (Å²) in [5.41, 5.74) is 0.0780. The smallest absolute Gasteiger partial charge is 0.162 e. The van der Waals surface area contributed by atoms with E-state index in [-0.39, 0.29) is 15.4 Å². The Labute approximate surface area is 102 Å². The van der Waals surface area contributed by atoms with E-state index in [1.54, 1.807) is 0 Å². The number of epoxide rings is 1. The van der Waals surface area contributed by atoms with Gasteiger partial charge < -0.3 is 9.16 Å². The lowest BCUT2D eigenvalue weighted by molar-refractivity contribution is 0.0176. The largest absolute Gasteiger partial charge is 0.419 e. The SMILES string of the molecule is CC[SiH2]OC(C)(C)C(C)C1CCC2OC2C1. The van der Waals surface area contributed by atoms with Crippen molar-refractivity contribution in [2.24, 2.45) is 11.8 Å². The zero-order valence-electron chi connectivity index (χ0n) is 11.2. The second-order valence-corrected chi connectivity index (χ2v) is 7.72. The van der Waals surface area contributed by atoms with Gasteiger partial charge in [-0.2, -0.15) is 0 Å². The molecule has 0 aromatic carbocycles. The van der Waals surface area contributed by atoms with Crippen LogP contribution in [0.2, 0.25) is 6.04 Å². The Kier molecular flexibility index (Phi) is 3.77. The van der Waals surface area contributed by atoms with Gasteiger partial charge in [-0.1, -0.05) is 13.8 Å². The minimum absolute atomic E-state index is 0.0780. The molecule has 1 saturated carbocycles. The van der Waals surface area contributed by atoms with Crippen LogP contribution in [0.25, 0.3) is 0 Å². The topological polar surface area (TPSA) is 21.8 Å².